The summed E-state index contributed by atoms with van der Waals surface area (Å²) in [6.45, 7) is 10.2. The molecular weight excluding hydrogens is 410 g/mol. The van der Waals surface area contributed by atoms with Gasteiger partial charge in [-0.25, -0.2) is 0 Å². The second-order valence-electron chi connectivity index (χ2n) is 8.49. The molecule has 1 heterocycles. The minimum absolute atomic E-state index is 0.0989. The first-order valence-corrected chi connectivity index (χ1v) is 11.8. The van der Waals surface area contributed by atoms with Crippen molar-refractivity contribution in [3.8, 4) is 16.9 Å². The van der Waals surface area contributed by atoms with Gasteiger partial charge in [0.05, 0.1) is 0 Å². The SMILES string of the molecule is CCN(CC)C(=O)c1ccc(N2CCN(Cc3ccccc3-c3cccc(O)c3)CC2)cc1. The number of carbonyl (C=O) groups is 1. The predicted molar refractivity (Wildman–Crippen MR) is 135 cm³/mol. The normalized spacial score (nSPS) is 14.3. The highest BCUT2D eigenvalue weighted by Gasteiger charge is 2.19. The Morgan fingerprint density at radius 2 is 1.58 bits per heavy atom. The van der Waals surface area contributed by atoms with E-state index < -0.39 is 0 Å². The van der Waals surface area contributed by atoms with Crippen LogP contribution in [0.2, 0.25) is 0 Å². The zero-order chi connectivity index (χ0) is 23.2. The minimum Gasteiger partial charge on any atom is -0.508 e. The number of hydrogen-bond donors (Lipinski definition) is 1. The van der Waals surface area contributed by atoms with Gasteiger partial charge in [0.1, 0.15) is 5.75 Å². The maximum Gasteiger partial charge on any atom is 0.253 e. The van der Waals surface area contributed by atoms with E-state index in [9.17, 15) is 9.90 Å². The van der Waals surface area contributed by atoms with Crippen molar-refractivity contribution < 1.29 is 9.90 Å². The van der Waals surface area contributed by atoms with Crippen LogP contribution in [-0.4, -0.2) is 60.1 Å². The molecule has 1 N–H and O–H groups in total. The van der Waals surface area contributed by atoms with Crippen LogP contribution < -0.4 is 4.90 Å². The van der Waals surface area contributed by atoms with E-state index in [1.807, 2.05) is 49.1 Å². The predicted octanol–water partition coefficient (Wildman–Crippen LogP) is 4.86. The molecule has 3 aromatic carbocycles. The van der Waals surface area contributed by atoms with Crippen molar-refractivity contribution in [2.75, 3.05) is 44.2 Å². The van der Waals surface area contributed by atoms with E-state index in [2.05, 4.69) is 46.2 Å². The van der Waals surface area contributed by atoms with E-state index >= 15 is 0 Å². The number of amides is 1. The third kappa shape index (κ3) is 5.37. The molecule has 3 aromatic rings. The lowest BCUT2D eigenvalue weighted by Crippen LogP contribution is -2.46. The number of phenolic OH excluding ortho intramolecular Hbond substituents is 1. The van der Waals surface area contributed by atoms with Gasteiger partial charge in [-0.15, -0.1) is 0 Å². The standard InChI is InChI=1S/C28H33N3O2/c1-3-30(4-2)28(33)22-12-14-25(15-13-22)31-18-16-29(17-19-31)21-24-8-5-6-11-27(24)23-9-7-10-26(32)20-23/h5-15,20,32H,3-4,16-19,21H2,1-2H3. The Balaban J connectivity index is 1.38. The highest BCUT2D eigenvalue weighted by Crippen LogP contribution is 2.28. The van der Waals surface area contributed by atoms with Crippen molar-refractivity contribution >= 4 is 11.6 Å². The molecule has 0 aliphatic carbocycles. The first-order valence-electron chi connectivity index (χ1n) is 11.8. The Morgan fingerprint density at radius 3 is 2.24 bits per heavy atom. The van der Waals surface area contributed by atoms with Crippen LogP contribution in [0.1, 0.15) is 29.8 Å². The number of piperazine rings is 1. The molecule has 0 bridgehead atoms. The van der Waals surface area contributed by atoms with Gasteiger partial charge in [-0.1, -0.05) is 36.4 Å². The Bertz CT molecular complexity index is 1070. The summed E-state index contributed by atoms with van der Waals surface area (Å²) in [5.41, 5.74) is 5.42. The summed E-state index contributed by atoms with van der Waals surface area (Å²) in [6.07, 6.45) is 0. The fourth-order valence-electron chi connectivity index (χ4n) is 4.53. The van der Waals surface area contributed by atoms with Gasteiger partial charge < -0.3 is 14.9 Å². The van der Waals surface area contributed by atoms with E-state index in [1.165, 1.54) is 16.8 Å². The minimum atomic E-state index is 0.0989. The topological polar surface area (TPSA) is 47.0 Å². The van der Waals surface area contributed by atoms with Crippen LogP contribution in [0.15, 0.2) is 72.8 Å². The van der Waals surface area contributed by atoms with Crippen LogP contribution in [0.4, 0.5) is 5.69 Å². The molecule has 1 aliphatic rings. The average molecular weight is 444 g/mol. The van der Waals surface area contributed by atoms with Crippen LogP contribution in [0, 0.1) is 0 Å². The molecule has 4 rings (SSSR count). The summed E-state index contributed by atoms with van der Waals surface area (Å²) in [7, 11) is 0. The Kier molecular flexibility index (Phi) is 7.30. The second-order valence-corrected chi connectivity index (χ2v) is 8.49. The lowest BCUT2D eigenvalue weighted by Gasteiger charge is -2.36. The zero-order valence-corrected chi connectivity index (χ0v) is 19.6. The van der Waals surface area contributed by atoms with Gasteiger partial charge in [-0.2, -0.15) is 0 Å². The maximum atomic E-state index is 12.6. The molecule has 5 heteroatoms. The van der Waals surface area contributed by atoms with Gasteiger partial charge >= 0.3 is 0 Å². The van der Waals surface area contributed by atoms with Crippen molar-refractivity contribution in [2.45, 2.75) is 20.4 Å². The highest BCUT2D eigenvalue weighted by molar-refractivity contribution is 5.94. The molecule has 0 aromatic heterocycles. The average Bonchev–Trinajstić information content (AvgIpc) is 2.86. The largest absolute Gasteiger partial charge is 0.508 e. The summed E-state index contributed by atoms with van der Waals surface area (Å²) >= 11 is 0. The molecular formula is C28H33N3O2. The number of anilines is 1. The number of rotatable bonds is 7. The molecule has 0 radical (unpaired) electrons. The number of phenols is 1. The number of nitrogens with zero attached hydrogens (tertiary/aromatic N) is 3. The summed E-state index contributed by atoms with van der Waals surface area (Å²) < 4.78 is 0. The van der Waals surface area contributed by atoms with Crippen molar-refractivity contribution in [1.29, 1.82) is 0 Å². The molecule has 33 heavy (non-hydrogen) atoms. The number of carbonyl (C=O) groups excluding carboxylic acids is 1. The number of benzene rings is 3. The van der Waals surface area contributed by atoms with Crippen LogP contribution in [0.3, 0.4) is 0 Å². The first-order chi connectivity index (χ1) is 16.1. The summed E-state index contributed by atoms with van der Waals surface area (Å²) in [5.74, 6) is 0.391. The number of hydrogen-bond acceptors (Lipinski definition) is 4. The Labute approximate surface area is 196 Å². The van der Waals surface area contributed by atoms with E-state index in [-0.39, 0.29) is 5.91 Å². The van der Waals surface area contributed by atoms with Crippen molar-refractivity contribution in [3.05, 3.63) is 83.9 Å². The first kappa shape index (κ1) is 22.9. The van der Waals surface area contributed by atoms with Crippen LogP contribution in [0.5, 0.6) is 5.75 Å². The quantitative estimate of drug-likeness (QED) is 0.566. The van der Waals surface area contributed by atoms with Gasteiger partial charge in [-0.05, 0) is 66.9 Å². The lowest BCUT2D eigenvalue weighted by atomic mass is 9.99. The Morgan fingerprint density at radius 1 is 0.879 bits per heavy atom. The van der Waals surface area contributed by atoms with Crippen molar-refractivity contribution in [2.24, 2.45) is 0 Å². The lowest BCUT2D eigenvalue weighted by molar-refractivity contribution is 0.0773. The van der Waals surface area contributed by atoms with E-state index in [4.69, 9.17) is 0 Å². The fraction of sp³-hybridized carbons (Fsp3) is 0.321. The fourth-order valence-corrected chi connectivity index (χ4v) is 4.53. The second kappa shape index (κ2) is 10.5. The smallest absolute Gasteiger partial charge is 0.253 e. The van der Waals surface area contributed by atoms with Crippen LogP contribution in [-0.2, 0) is 6.54 Å². The molecule has 1 saturated heterocycles. The molecule has 1 amide bonds. The van der Waals surface area contributed by atoms with E-state index in [1.54, 1.807) is 6.07 Å². The van der Waals surface area contributed by atoms with Crippen LogP contribution >= 0.6 is 0 Å². The summed E-state index contributed by atoms with van der Waals surface area (Å²) in [6, 6.07) is 24.0. The molecule has 0 saturated carbocycles. The monoisotopic (exact) mass is 443 g/mol. The van der Waals surface area contributed by atoms with Gasteiger partial charge in [0.15, 0.2) is 0 Å². The van der Waals surface area contributed by atoms with Crippen molar-refractivity contribution in [3.63, 3.8) is 0 Å². The van der Waals surface area contributed by atoms with E-state index in [0.717, 1.165) is 56.9 Å². The molecule has 0 spiro atoms. The third-order valence-electron chi connectivity index (χ3n) is 6.47. The van der Waals surface area contributed by atoms with Gasteiger partial charge in [0.25, 0.3) is 5.91 Å². The molecule has 1 aliphatic heterocycles. The van der Waals surface area contributed by atoms with Gasteiger partial charge in [0, 0.05) is 57.1 Å². The molecule has 0 atom stereocenters. The summed E-state index contributed by atoms with van der Waals surface area (Å²) in [5, 5.41) is 9.89. The Hall–Kier alpha value is -3.31. The molecule has 1 fully saturated rings. The number of aromatic hydroxyl groups is 1. The molecule has 0 unspecified atom stereocenters. The van der Waals surface area contributed by atoms with Crippen LogP contribution in [0.25, 0.3) is 11.1 Å². The zero-order valence-electron chi connectivity index (χ0n) is 19.6. The third-order valence-corrected chi connectivity index (χ3v) is 6.47. The van der Waals surface area contributed by atoms with Gasteiger partial charge in [-0.3, -0.25) is 9.69 Å². The molecule has 5 nitrogen and oxygen atoms in total. The maximum absolute atomic E-state index is 12.6. The highest BCUT2D eigenvalue weighted by atomic mass is 16.3. The van der Waals surface area contributed by atoms with Crippen molar-refractivity contribution in [1.82, 2.24) is 9.80 Å². The van der Waals surface area contributed by atoms with E-state index in [0.29, 0.717) is 5.75 Å². The van der Waals surface area contributed by atoms with Gasteiger partial charge in [0.2, 0.25) is 0 Å². The summed E-state index contributed by atoms with van der Waals surface area (Å²) in [4.78, 5) is 19.3. The molecule has 172 valence electrons.